The van der Waals surface area contributed by atoms with E-state index >= 15 is 0 Å². The molecule has 0 aromatic heterocycles. The molecule has 1 aliphatic rings. The first-order valence-electron chi connectivity index (χ1n) is 7.19. The Morgan fingerprint density at radius 3 is 2.79 bits per heavy atom. The highest BCUT2D eigenvalue weighted by Gasteiger charge is 2.23. The molecule has 0 aromatic rings. The highest BCUT2D eigenvalue weighted by atomic mass is 16.2. The summed E-state index contributed by atoms with van der Waals surface area (Å²) in [6, 6.07) is -0.485. The van der Waals surface area contributed by atoms with Crippen molar-refractivity contribution >= 4 is 12.1 Å². The van der Waals surface area contributed by atoms with E-state index in [1.807, 2.05) is 4.90 Å². The van der Waals surface area contributed by atoms with Gasteiger partial charge in [0.1, 0.15) is 0 Å². The molecule has 6 heteroatoms. The Kier molecular flexibility index (Phi) is 7.07. The molecule has 0 bridgehead atoms. The van der Waals surface area contributed by atoms with Gasteiger partial charge >= 0.3 is 12.1 Å². The van der Waals surface area contributed by atoms with E-state index in [1.54, 1.807) is 0 Å². The third-order valence-electron chi connectivity index (χ3n) is 3.43. The molecule has 0 aromatic carbocycles. The second-order valence-corrected chi connectivity index (χ2v) is 5.14. The van der Waals surface area contributed by atoms with Crippen LogP contribution in [0.5, 0.6) is 0 Å². The Morgan fingerprint density at radius 1 is 1.32 bits per heavy atom. The maximum Gasteiger partial charge on any atom is 0.317 e. The topological polar surface area (TPSA) is 87.5 Å². The number of unbranched alkanes of at least 4 members (excludes halogenated alkanes) is 2. The minimum absolute atomic E-state index is 0.0138. The molecule has 6 nitrogen and oxygen atoms in total. The van der Waals surface area contributed by atoms with E-state index in [4.69, 9.17) is 5.73 Å². The van der Waals surface area contributed by atoms with Crippen molar-refractivity contribution in [3.05, 3.63) is 0 Å². The summed E-state index contributed by atoms with van der Waals surface area (Å²) in [5.41, 5.74) is 5.06. The summed E-state index contributed by atoms with van der Waals surface area (Å²) in [6.45, 7) is 4.93. The van der Waals surface area contributed by atoms with Gasteiger partial charge in [-0.1, -0.05) is 19.8 Å². The molecule has 0 aliphatic carbocycles. The lowest BCUT2D eigenvalue weighted by Gasteiger charge is -2.32. The number of rotatable bonds is 6. The van der Waals surface area contributed by atoms with Gasteiger partial charge in [-0.15, -0.1) is 0 Å². The van der Waals surface area contributed by atoms with Crippen LogP contribution in [0, 0.1) is 5.92 Å². The number of hydrogen-bond acceptors (Lipinski definition) is 2. The van der Waals surface area contributed by atoms with Crippen molar-refractivity contribution < 1.29 is 9.59 Å². The number of primary amides is 1. The molecule has 1 rings (SSSR count). The van der Waals surface area contributed by atoms with Crippen LogP contribution < -0.4 is 16.4 Å². The predicted octanol–water partition coefficient (Wildman–Crippen LogP) is 1.27. The summed E-state index contributed by atoms with van der Waals surface area (Å²) in [5.74, 6) is 0.308. The summed E-state index contributed by atoms with van der Waals surface area (Å²) in [6.07, 6.45) is 5.34. The quantitative estimate of drug-likeness (QED) is 0.635. The molecule has 0 saturated carbocycles. The molecule has 19 heavy (non-hydrogen) atoms. The van der Waals surface area contributed by atoms with E-state index < -0.39 is 6.03 Å². The Labute approximate surface area is 115 Å². The summed E-state index contributed by atoms with van der Waals surface area (Å²) in [4.78, 5) is 24.5. The third kappa shape index (κ3) is 6.31. The number of hydrogen-bond donors (Lipinski definition) is 3. The molecule has 0 unspecified atom stereocenters. The van der Waals surface area contributed by atoms with E-state index in [0.29, 0.717) is 19.0 Å². The van der Waals surface area contributed by atoms with Crippen LogP contribution in [0.4, 0.5) is 9.59 Å². The normalized spacial score (nSPS) is 19.0. The van der Waals surface area contributed by atoms with Crippen molar-refractivity contribution in [1.82, 2.24) is 15.5 Å². The van der Waals surface area contributed by atoms with Gasteiger partial charge in [0.15, 0.2) is 0 Å². The van der Waals surface area contributed by atoms with Gasteiger partial charge in [0.25, 0.3) is 0 Å². The van der Waals surface area contributed by atoms with Crippen LogP contribution in [-0.4, -0.2) is 43.1 Å². The monoisotopic (exact) mass is 270 g/mol. The maximum atomic E-state index is 11.9. The minimum Gasteiger partial charge on any atom is -0.352 e. The van der Waals surface area contributed by atoms with Gasteiger partial charge in [0, 0.05) is 26.2 Å². The molecule has 4 amide bonds. The summed E-state index contributed by atoms with van der Waals surface area (Å²) in [5, 5.41) is 5.56. The van der Waals surface area contributed by atoms with Gasteiger partial charge in [0.05, 0.1) is 0 Å². The molecule has 1 fully saturated rings. The molecule has 1 saturated heterocycles. The number of nitrogens with one attached hydrogen (secondary N) is 2. The van der Waals surface area contributed by atoms with Crippen molar-refractivity contribution in [2.45, 2.75) is 39.0 Å². The molecule has 0 radical (unpaired) electrons. The highest BCUT2D eigenvalue weighted by molar-refractivity contribution is 5.74. The molecule has 4 N–H and O–H groups in total. The number of urea groups is 2. The van der Waals surface area contributed by atoms with Gasteiger partial charge in [-0.2, -0.15) is 0 Å². The smallest absolute Gasteiger partial charge is 0.317 e. The highest BCUT2D eigenvalue weighted by Crippen LogP contribution is 2.15. The average Bonchev–Trinajstić information content (AvgIpc) is 2.41. The van der Waals surface area contributed by atoms with Crippen molar-refractivity contribution in [2.24, 2.45) is 11.7 Å². The molecular weight excluding hydrogens is 244 g/mol. The van der Waals surface area contributed by atoms with Gasteiger partial charge in [-0.25, -0.2) is 9.59 Å². The Balaban J connectivity index is 2.24. The molecule has 110 valence electrons. The van der Waals surface area contributed by atoms with Gasteiger partial charge in [0.2, 0.25) is 0 Å². The van der Waals surface area contributed by atoms with Crippen LogP contribution in [0.1, 0.15) is 39.0 Å². The Bertz CT molecular complexity index is 296. The number of piperidine rings is 1. The third-order valence-corrected chi connectivity index (χ3v) is 3.43. The molecular formula is C13H26N4O2. The van der Waals surface area contributed by atoms with E-state index in [2.05, 4.69) is 17.6 Å². The lowest BCUT2D eigenvalue weighted by molar-refractivity contribution is 0.164. The number of carbonyl (C=O) groups is 2. The maximum absolute atomic E-state index is 11.9. The molecule has 1 atom stereocenters. The first-order valence-corrected chi connectivity index (χ1v) is 7.19. The average molecular weight is 270 g/mol. The Hall–Kier alpha value is -1.46. The zero-order valence-electron chi connectivity index (χ0n) is 11.8. The molecule has 1 heterocycles. The summed E-state index contributed by atoms with van der Waals surface area (Å²) >= 11 is 0. The van der Waals surface area contributed by atoms with Crippen LogP contribution >= 0.6 is 0 Å². The first-order chi connectivity index (χ1) is 9.13. The number of nitrogens with zero attached hydrogens (tertiary/aromatic N) is 1. The van der Waals surface area contributed by atoms with Crippen molar-refractivity contribution in [3.8, 4) is 0 Å². The van der Waals surface area contributed by atoms with Crippen molar-refractivity contribution in [1.29, 1.82) is 0 Å². The largest absolute Gasteiger partial charge is 0.352 e. The fourth-order valence-electron chi connectivity index (χ4n) is 2.34. The lowest BCUT2D eigenvalue weighted by Crippen LogP contribution is -2.48. The molecule has 0 spiro atoms. The zero-order chi connectivity index (χ0) is 14.1. The van der Waals surface area contributed by atoms with Crippen LogP contribution in [0.15, 0.2) is 0 Å². The predicted molar refractivity (Wildman–Crippen MR) is 74.8 cm³/mol. The Morgan fingerprint density at radius 2 is 2.11 bits per heavy atom. The number of amides is 4. The van der Waals surface area contributed by atoms with Crippen LogP contribution in [-0.2, 0) is 0 Å². The van der Waals surface area contributed by atoms with Crippen LogP contribution in [0.3, 0.4) is 0 Å². The van der Waals surface area contributed by atoms with Crippen LogP contribution in [0.2, 0.25) is 0 Å². The zero-order valence-corrected chi connectivity index (χ0v) is 11.8. The van der Waals surface area contributed by atoms with Crippen molar-refractivity contribution in [2.75, 3.05) is 26.2 Å². The lowest BCUT2D eigenvalue weighted by atomic mass is 9.98. The fraction of sp³-hybridized carbons (Fsp3) is 0.846. The van der Waals surface area contributed by atoms with Gasteiger partial charge in [-0.3, -0.25) is 0 Å². The van der Waals surface area contributed by atoms with Gasteiger partial charge in [-0.05, 0) is 25.2 Å². The van der Waals surface area contributed by atoms with Gasteiger partial charge < -0.3 is 21.3 Å². The second-order valence-electron chi connectivity index (χ2n) is 5.14. The minimum atomic E-state index is -0.499. The SMILES string of the molecule is CCCCCNC(=O)N1CCC[C@H](CNC(N)=O)C1. The first kappa shape index (κ1) is 15.6. The summed E-state index contributed by atoms with van der Waals surface area (Å²) < 4.78 is 0. The number of carbonyl (C=O) groups excluding carboxylic acids is 2. The van der Waals surface area contributed by atoms with E-state index in [-0.39, 0.29) is 6.03 Å². The van der Waals surface area contributed by atoms with Crippen LogP contribution in [0.25, 0.3) is 0 Å². The standard InChI is InChI=1S/C13H26N4O2/c1-2-3-4-7-15-13(19)17-8-5-6-11(10-17)9-16-12(14)18/h11H,2-10H2,1H3,(H,15,19)(H3,14,16,18)/t11-/m1/s1. The second kappa shape index (κ2) is 8.61. The fourth-order valence-corrected chi connectivity index (χ4v) is 2.34. The van der Waals surface area contributed by atoms with E-state index in [0.717, 1.165) is 45.2 Å². The van der Waals surface area contributed by atoms with Crippen molar-refractivity contribution in [3.63, 3.8) is 0 Å². The van der Waals surface area contributed by atoms with E-state index in [1.165, 1.54) is 0 Å². The summed E-state index contributed by atoms with van der Waals surface area (Å²) in [7, 11) is 0. The van der Waals surface area contributed by atoms with E-state index in [9.17, 15) is 9.59 Å². The molecule has 1 aliphatic heterocycles. The number of likely N-dealkylation sites (tertiary alicyclic amines) is 1. The number of nitrogens with two attached hydrogens (primary N) is 1.